The van der Waals surface area contributed by atoms with Crippen molar-refractivity contribution in [3.8, 4) is 11.5 Å². The highest BCUT2D eigenvalue weighted by Crippen LogP contribution is 2.25. The Morgan fingerprint density at radius 3 is 1.78 bits per heavy atom. The largest absolute Gasteiger partial charge is 0.504 e. The smallest absolute Gasteiger partial charge is 0.321 e. The zero-order chi connectivity index (χ0) is 18.2. The van der Waals surface area contributed by atoms with E-state index in [9.17, 15) is 14.4 Å². The predicted molar refractivity (Wildman–Crippen MR) is 77.0 cm³/mol. The fraction of sp³-hybridized carbons (Fsp3) is 0.308. The summed E-state index contributed by atoms with van der Waals surface area (Å²) in [6.07, 6.45) is -0.418. The van der Waals surface area contributed by atoms with Gasteiger partial charge >= 0.3 is 17.9 Å². The zero-order valence-corrected chi connectivity index (χ0v) is 11.9. The van der Waals surface area contributed by atoms with Crippen LogP contribution in [0.25, 0.3) is 0 Å². The molecule has 23 heavy (non-hydrogen) atoms. The van der Waals surface area contributed by atoms with Crippen LogP contribution in [-0.2, 0) is 20.8 Å². The van der Waals surface area contributed by atoms with Crippen molar-refractivity contribution in [1.29, 1.82) is 0 Å². The van der Waals surface area contributed by atoms with Gasteiger partial charge in [0.05, 0.1) is 6.42 Å². The van der Waals surface area contributed by atoms with Crippen molar-refractivity contribution in [3.05, 3.63) is 23.8 Å². The lowest BCUT2D eigenvalue weighted by Crippen LogP contribution is -2.32. The second kappa shape index (κ2) is 9.23. The van der Waals surface area contributed by atoms with Gasteiger partial charge in [0.1, 0.15) is 12.1 Å². The lowest BCUT2D eigenvalue weighted by atomic mass is 10.1. The summed E-state index contributed by atoms with van der Waals surface area (Å²) >= 11 is 0. The first-order valence-electron chi connectivity index (χ1n) is 6.24. The molecular formula is C13H18N2O8. The van der Waals surface area contributed by atoms with Gasteiger partial charge in [-0.3, -0.25) is 14.4 Å². The Labute approximate surface area is 130 Å². The zero-order valence-electron chi connectivity index (χ0n) is 11.9. The molecule has 2 atom stereocenters. The van der Waals surface area contributed by atoms with Gasteiger partial charge in [0, 0.05) is 0 Å². The number of hydrogen-bond donors (Lipinski definition) is 7. The Morgan fingerprint density at radius 2 is 1.43 bits per heavy atom. The molecule has 0 amide bonds. The van der Waals surface area contributed by atoms with Crippen LogP contribution in [0.5, 0.6) is 11.5 Å². The van der Waals surface area contributed by atoms with Crippen LogP contribution >= 0.6 is 0 Å². The molecule has 1 aromatic carbocycles. The normalized spacial score (nSPS) is 12.4. The molecule has 0 saturated heterocycles. The summed E-state index contributed by atoms with van der Waals surface area (Å²) in [5, 5.41) is 42.7. The van der Waals surface area contributed by atoms with Crippen LogP contribution in [-0.4, -0.2) is 55.5 Å². The number of phenolic OH excluding ortho intramolecular Hbond substituents is 2. The van der Waals surface area contributed by atoms with Crippen LogP contribution in [0.1, 0.15) is 12.0 Å². The van der Waals surface area contributed by atoms with E-state index in [-0.39, 0.29) is 17.9 Å². The number of hydrogen-bond acceptors (Lipinski definition) is 7. The second-order valence-electron chi connectivity index (χ2n) is 4.51. The Balaban J connectivity index is 0.000000468. The molecule has 0 aliphatic heterocycles. The quantitative estimate of drug-likeness (QED) is 0.314. The molecule has 10 heteroatoms. The highest BCUT2D eigenvalue weighted by molar-refractivity contribution is 5.80. The van der Waals surface area contributed by atoms with Crippen LogP contribution in [0.15, 0.2) is 18.2 Å². The fourth-order valence-corrected chi connectivity index (χ4v) is 1.31. The summed E-state index contributed by atoms with van der Waals surface area (Å²) in [6, 6.07) is 1.80. The highest BCUT2D eigenvalue weighted by Gasteiger charge is 2.14. The minimum atomic E-state index is -1.29. The Morgan fingerprint density at radius 1 is 0.913 bits per heavy atom. The number of rotatable bonds is 6. The summed E-state index contributed by atoms with van der Waals surface area (Å²) in [6.45, 7) is 0. The van der Waals surface area contributed by atoms with Gasteiger partial charge in [-0.05, 0) is 24.1 Å². The maximum absolute atomic E-state index is 10.4. The summed E-state index contributed by atoms with van der Waals surface area (Å²) in [7, 11) is 0. The van der Waals surface area contributed by atoms with E-state index in [1.165, 1.54) is 18.2 Å². The summed E-state index contributed by atoms with van der Waals surface area (Å²) in [4.78, 5) is 30.0. The predicted octanol–water partition coefficient (Wildman–Crippen LogP) is -1.07. The van der Waals surface area contributed by atoms with Crippen LogP contribution < -0.4 is 11.5 Å². The molecule has 0 aliphatic carbocycles. The molecule has 0 unspecified atom stereocenters. The lowest BCUT2D eigenvalue weighted by Gasteiger charge is -2.06. The molecule has 10 nitrogen and oxygen atoms in total. The van der Waals surface area contributed by atoms with Gasteiger partial charge in [-0.1, -0.05) is 6.07 Å². The molecule has 0 radical (unpaired) electrons. The van der Waals surface area contributed by atoms with Crippen molar-refractivity contribution < 1.29 is 39.9 Å². The van der Waals surface area contributed by atoms with E-state index in [2.05, 4.69) is 0 Å². The second-order valence-corrected chi connectivity index (χ2v) is 4.51. The standard InChI is InChI=1S/C9H11NO4.C4H7NO4/c10-6(9(13)14)3-5-1-2-7(11)8(12)4-5;5-2(4(8)9)1-3(6)7/h1-2,4,6,11-12H,3,10H2,(H,13,14);2H,1,5H2,(H,6,7)(H,8,9)/t6-;2-/m00/s1. The SMILES string of the molecule is N[C@@H](CC(=O)O)C(=O)O.N[C@@H](Cc1ccc(O)c(O)c1)C(=O)O. The Bertz CT molecular complexity index is 575. The molecule has 0 aromatic heterocycles. The summed E-state index contributed by atoms with van der Waals surface area (Å²) in [5.74, 6) is -4.11. The Kier molecular flexibility index (Phi) is 8.08. The topological polar surface area (TPSA) is 204 Å². The monoisotopic (exact) mass is 330 g/mol. The molecule has 1 rings (SSSR count). The molecule has 0 spiro atoms. The number of carboxylic acid groups (broad SMARTS) is 3. The summed E-state index contributed by atoms with van der Waals surface area (Å²) in [5.41, 5.74) is 10.7. The first-order chi connectivity index (χ1) is 10.5. The number of carbonyl (C=O) groups is 3. The van der Waals surface area contributed by atoms with Gasteiger partial charge in [-0.15, -0.1) is 0 Å². The molecule has 0 aliphatic rings. The van der Waals surface area contributed by atoms with Gasteiger partial charge in [0.25, 0.3) is 0 Å². The molecule has 128 valence electrons. The number of phenols is 2. The molecule has 9 N–H and O–H groups in total. The maximum atomic E-state index is 10.4. The minimum Gasteiger partial charge on any atom is -0.504 e. The van der Waals surface area contributed by atoms with E-state index in [0.717, 1.165) is 0 Å². The van der Waals surface area contributed by atoms with E-state index < -0.39 is 36.4 Å². The molecular weight excluding hydrogens is 312 g/mol. The lowest BCUT2D eigenvalue weighted by molar-refractivity contribution is -0.144. The van der Waals surface area contributed by atoms with Gasteiger partial charge in [-0.2, -0.15) is 0 Å². The van der Waals surface area contributed by atoms with Gasteiger partial charge < -0.3 is 37.0 Å². The number of carboxylic acids is 3. The third-order valence-electron chi connectivity index (χ3n) is 2.52. The van der Waals surface area contributed by atoms with Crippen LogP contribution in [0.2, 0.25) is 0 Å². The van der Waals surface area contributed by atoms with Crippen molar-refractivity contribution >= 4 is 17.9 Å². The molecule has 0 saturated carbocycles. The van der Waals surface area contributed by atoms with E-state index in [4.69, 9.17) is 37.0 Å². The maximum Gasteiger partial charge on any atom is 0.321 e. The summed E-state index contributed by atoms with van der Waals surface area (Å²) < 4.78 is 0. The van der Waals surface area contributed by atoms with E-state index in [1.807, 2.05) is 0 Å². The van der Waals surface area contributed by atoms with Gasteiger partial charge in [-0.25, -0.2) is 0 Å². The van der Waals surface area contributed by atoms with Crippen LogP contribution in [0.4, 0.5) is 0 Å². The van der Waals surface area contributed by atoms with Crippen LogP contribution in [0.3, 0.4) is 0 Å². The number of aliphatic carboxylic acids is 3. The fourth-order valence-electron chi connectivity index (χ4n) is 1.31. The van der Waals surface area contributed by atoms with Gasteiger partial charge in [0.2, 0.25) is 0 Å². The van der Waals surface area contributed by atoms with Crippen molar-refractivity contribution in [2.24, 2.45) is 11.5 Å². The van der Waals surface area contributed by atoms with Crippen molar-refractivity contribution in [2.45, 2.75) is 24.9 Å². The van der Waals surface area contributed by atoms with E-state index in [1.54, 1.807) is 0 Å². The molecule has 0 fully saturated rings. The van der Waals surface area contributed by atoms with E-state index >= 15 is 0 Å². The molecule has 0 bridgehead atoms. The van der Waals surface area contributed by atoms with Crippen molar-refractivity contribution in [2.75, 3.05) is 0 Å². The van der Waals surface area contributed by atoms with Gasteiger partial charge in [0.15, 0.2) is 11.5 Å². The Hall–Kier alpha value is -2.85. The first-order valence-corrected chi connectivity index (χ1v) is 6.24. The van der Waals surface area contributed by atoms with Crippen LogP contribution in [0, 0.1) is 0 Å². The van der Waals surface area contributed by atoms with Crippen molar-refractivity contribution in [1.82, 2.24) is 0 Å². The third kappa shape index (κ3) is 8.24. The number of nitrogens with two attached hydrogens (primary N) is 2. The molecule has 0 heterocycles. The number of benzene rings is 1. The first kappa shape index (κ1) is 20.1. The van der Waals surface area contributed by atoms with E-state index in [0.29, 0.717) is 5.56 Å². The average molecular weight is 330 g/mol. The third-order valence-corrected chi connectivity index (χ3v) is 2.52. The number of aromatic hydroxyl groups is 2. The molecule has 1 aromatic rings. The van der Waals surface area contributed by atoms with Crippen molar-refractivity contribution in [3.63, 3.8) is 0 Å². The average Bonchev–Trinajstić information content (AvgIpc) is 2.42. The minimum absolute atomic E-state index is 0.114. The highest BCUT2D eigenvalue weighted by atomic mass is 16.4.